The molecule has 0 bridgehead atoms. The molecule has 0 N–H and O–H groups in total. The minimum absolute atomic E-state index is 0.247. The summed E-state index contributed by atoms with van der Waals surface area (Å²) in [5.74, 6) is -0.255. The lowest BCUT2D eigenvalue weighted by Gasteiger charge is -2.24. The molecule has 1 aromatic heterocycles. The number of amides is 1. The second-order valence-corrected chi connectivity index (χ2v) is 10.9. The monoisotopic (exact) mass is 585 g/mol. The number of nitrogens with zero attached hydrogens (tertiary/aromatic N) is 3. The first-order valence-electron chi connectivity index (χ1n) is 12.8. The molecule has 0 spiro atoms. The predicted octanol–water partition coefficient (Wildman–Crippen LogP) is 3.99. The Morgan fingerprint density at radius 2 is 1.71 bits per heavy atom. The number of thiazole rings is 1. The van der Waals surface area contributed by atoms with E-state index in [1.54, 1.807) is 49.3 Å². The van der Waals surface area contributed by atoms with E-state index in [-0.39, 0.29) is 22.6 Å². The van der Waals surface area contributed by atoms with Crippen molar-refractivity contribution in [2.24, 2.45) is 4.99 Å². The molecule has 2 aliphatic rings. The summed E-state index contributed by atoms with van der Waals surface area (Å²) in [4.78, 5) is 47.9. The molecule has 0 saturated carbocycles. The summed E-state index contributed by atoms with van der Waals surface area (Å²) in [6, 6.07) is 21.1. The van der Waals surface area contributed by atoms with Crippen LogP contribution in [0.5, 0.6) is 5.75 Å². The number of fused-ring (bicyclic) bond motifs is 2. The number of anilines is 1. The first kappa shape index (κ1) is 26.7. The summed E-state index contributed by atoms with van der Waals surface area (Å²) < 4.78 is 12.1. The lowest BCUT2D eigenvalue weighted by atomic mass is 9.96. The molecule has 0 aliphatic carbocycles. The lowest BCUT2D eigenvalue weighted by molar-refractivity contribution is -0.136. The molecule has 206 valence electrons. The number of hydrogen-bond donors (Lipinski definition) is 0. The van der Waals surface area contributed by atoms with Gasteiger partial charge in [-0.3, -0.25) is 14.2 Å². The molecule has 10 heteroatoms. The van der Waals surface area contributed by atoms with Crippen LogP contribution in [0.2, 0.25) is 5.02 Å². The fourth-order valence-corrected chi connectivity index (χ4v) is 6.63. The average Bonchev–Trinajstić information content (AvgIpc) is 3.45. The van der Waals surface area contributed by atoms with Gasteiger partial charge in [-0.25, -0.2) is 9.79 Å². The van der Waals surface area contributed by atoms with E-state index in [9.17, 15) is 14.4 Å². The van der Waals surface area contributed by atoms with Gasteiger partial charge in [-0.15, -0.1) is 0 Å². The van der Waals surface area contributed by atoms with Gasteiger partial charge in [0.25, 0.3) is 11.5 Å². The Morgan fingerprint density at radius 3 is 2.41 bits per heavy atom. The highest BCUT2D eigenvalue weighted by atomic mass is 35.5. The van der Waals surface area contributed by atoms with Crippen molar-refractivity contribution in [3.63, 3.8) is 0 Å². The minimum atomic E-state index is -0.801. The van der Waals surface area contributed by atoms with Crippen LogP contribution < -0.4 is 24.5 Å². The van der Waals surface area contributed by atoms with Crippen molar-refractivity contribution in [3.8, 4) is 5.75 Å². The quantitative estimate of drug-likeness (QED) is 0.331. The van der Waals surface area contributed by atoms with E-state index in [4.69, 9.17) is 21.1 Å². The second-order valence-electron chi connectivity index (χ2n) is 9.54. The molecule has 0 unspecified atom stereocenters. The molecular weight excluding hydrogens is 562 g/mol. The van der Waals surface area contributed by atoms with Crippen LogP contribution in [0.15, 0.2) is 93.9 Å². The van der Waals surface area contributed by atoms with Crippen LogP contribution in [-0.4, -0.2) is 30.7 Å². The lowest BCUT2D eigenvalue weighted by Crippen LogP contribution is -2.40. The summed E-state index contributed by atoms with van der Waals surface area (Å²) in [6.45, 7) is 1.96. The number of benzene rings is 3. The number of hydrogen-bond acceptors (Lipinski definition) is 7. The smallest absolute Gasteiger partial charge is 0.338 e. The van der Waals surface area contributed by atoms with Crippen molar-refractivity contribution in [1.29, 1.82) is 0 Å². The van der Waals surface area contributed by atoms with E-state index in [2.05, 4.69) is 4.99 Å². The number of rotatable bonds is 5. The SMILES string of the molecule is COC(=O)C1=C(C)N=c2s/c(=C3\C(=O)N(Cc4ccccc4Cl)c4ccccc43)c(=O)n2[C@@H]1c1ccc(OC)cc1. The summed E-state index contributed by atoms with van der Waals surface area (Å²) in [5.41, 5.74) is 3.38. The molecule has 3 aromatic carbocycles. The van der Waals surface area contributed by atoms with E-state index in [0.717, 1.165) is 16.9 Å². The van der Waals surface area contributed by atoms with Crippen molar-refractivity contribution in [2.75, 3.05) is 19.1 Å². The zero-order valence-corrected chi connectivity index (χ0v) is 24.0. The highest BCUT2D eigenvalue weighted by molar-refractivity contribution is 7.07. The Morgan fingerprint density at radius 1 is 1.00 bits per heavy atom. The maximum Gasteiger partial charge on any atom is 0.338 e. The number of ether oxygens (including phenoxy) is 2. The maximum atomic E-state index is 14.2. The van der Waals surface area contributed by atoms with Crippen LogP contribution in [0.25, 0.3) is 5.57 Å². The summed E-state index contributed by atoms with van der Waals surface area (Å²) in [6.07, 6.45) is 0. The highest BCUT2D eigenvalue weighted by Crippen LogP contribution is 2.37. The van der Waals surface area contributed by atoms with Gasteiger partial charge in [0.15, 0.2) is 4.80 Å². The third-order valence-corrected chi connectivity index (χ3v) is 8.69. The van der Waals surface area contributed by atoms with Crippen LogP contribution in [0, 0.1) is 0 Å². The van der Waals surface area contributed by atoms with E-state index < -0.39 is 17.6 Å². The summed E-state index contributed by atoms with van der Waals surface area (Å²) in [5, 5.41) is 0.552. The first-order chi connectivity index (χ1) is 19.8. The number of allylic oxidation sites excluding steroid dienone is 1. The fraction of sp³-hybridized carbons (Fsp3) is 0.161. The van der Waals surface area contributed by atoms with Gasteiger partial charge in [0.05, 0.1) is 49.3 Å². The van der Waals surface area contributed by atoms with Gasteiger partial charge in [0.1, 0.15) is 10.3 Å². The molecule has 2 aliphatic heterocycles. The third kappa shape index (κ3) is 4.38. The molecule has 3 heterocycles. The van der Waals surface area contributed by atoms with Gasteiger partial charge < -0.3 is 14.4 Å². The van der Waals surface area contributed by atoms with Gasteiger partial charge in [0.2, 0.25) is 0 Å². The minimum Gasteiger partial charge on any atom is -0.497 e. The number of para-hydroxylation sites is 1. The summed E-state index contributed by atoms with van der Waals surface area (Å²) >= 11 is 7.56. The van der Waals surface area contributed by atoms with Crippen molar-refractivity contribution < 1.29 is 19.1 Å². The average molecular weight is 586 g/mol. The number of methoxy groups -OCH3 is 2. The molecule has 0 saturated heterocycles. The van der Waals surface area contributed by atoms with Crippen LogP contribution in [-0.2, 0) is 20.9 Å². The van der Waals surface area contributed by atoms with Gasteiger partial charge in [-0.05, 0) is 42.3 Å². The number of carbonyl (C=O) groups excluding carboxylic acids is 2. The van der Waals surface area contributed by atoms with Crippen molar-refractivity contribution in [1.82, 2.24) is 4.57 Å². The second kappa shape index (κ2) is 10.5. The zero-order valence-electron chi connectivity index (χ0n) is 22.4. The molecule has 1 amide bonds. The van der Waals surface area contributed by atoms with E-state index in [1.165, 1.54) is 11.7 Å². The largest absolute Gasteiger partial charge is 0.497 e. The Balaban J connectivity index is 1.58. The predicted molar refractivity (Wildman–Crippen MR) is 157 cm³/mol. The highest BCUT2D eigenvalue weighted by Gasteiger charge is 2.37. The number of carbonyl (C=O) groups is 2. The van der Waals surface area contributed by atoms with E-state index >= 15 is 0 Å². The van der Waals surface area contributed by atoms with Crippen LogP contribution in [0.3, 0.4) is 0 Å². The fourth-order valence-electron chi connectivity index (χ4n) is 5.30. The number of aromatic nitrogens is 1. The van der Waals surface area contributed by atoms with Crippen LogP contribution in [0.1, 0.15) is 29.7 Å². The molecular formula is C31H24ClN3O5S. The standard InChI is InChI=1S/C31H24ClN3O5S/c1-17-24(30(38)40-3)26(18-12-14-20(39-2)15-13-18)35-29(37)27(41-31(35)33-17)25-21-9-5-7-11-23(21)34(28(25)36)16-19-8-4-6-10-22(19)32/h4-15,26H,16H2,1-3H3/b27-25-/t26-/m1/s1. The van der Waals surface area contributed by atoms with Gasteiger partial charge in [-0.1, -0.05) is 71.5 Å². The Hall–Kier alpha value is -4.47. The summed E-state index contributed by atoms with van der Waals surface area (Å²) in [7, 11) is 2.86. The Kier molecular flexibility index (Phi) is 6.84. The molecule has 8 nitrogen and oxygen atoms in total. The van der Waals surface area contributed by atoms with Gasteiger partial charge in [0, 0.05) is 10.6 Å². The Labute approximate surface area is 244 Å². The van der Waals surface area contributed by atoms with Crippen molar-refractivity contribution in [3.05, 3.63) is 125 Å². The van der Waals surface area contributed by atoms with Gasteiger partial charge in [-0.2, -0.15) is 0 Å². The first-order valence-corrected chi connectivity index (χ1v) is 14.0. The zero-order chi connectivity index (χ0) is 28.8. The Bertz CT molecular complexity index is 1940. The molecule has 41 heavy (non-hydrogen) atoms. The maximum absolute atomic E-state index is 14.2. The molecule has 4 aromatic rings. The molecule has 0 fully saturated rings. The van der Waals surface area contributed by atoms with E-state index in [0.29, 0.717) is 43.7 Å². The molecule has 1 atom stereocenters. The normalized spacial score (nSPS) is 17.2. The van der Waals surface area contributed by atoms with Gasteiger partial charge >= 0.3 is 5.97 Å². The van der Waals surface area contributed by atoms with Crippen molar-refractivity contribution >= 4 is 46.1 Å². The third-order valence-electron chi connectivity index (χ3n) is 7.27. The van der Waals surface area contributed by atoms with E-state index in [1.807, 2.05) is 42.5 Å². The van der Waals surface area contributed by atoms with Crippen LogP contribution in [0.4, 0.5) is 5.69 Å². The van der Waals surface area contributed by atoms with Crippen molar-refractivity contribution in [2.45, 2.75) is 19.5 Å². The topological polar surface area (TPSA) is 90.2 Å². The molecule has 6 rings (SSSR count). The van der Waals surface area contributed by atoms with Crippen LogP contribution >= 0.6 is 22.9 Å². The number of esters is 1. The molecule has 0 radical (unpaired) electrons. The number of halogens is 1.